The molecule has 2 N–H and O–H groups in total. The second kappa shape index (κ2) is 9.41. The number of benzene rings is 3. The Morgan fingerprint density at radius 3 is 2.26 bits per heavy atom. The molecule has 0 aliphatic heterocycles. The summed E-state index contributed by atoms with van der Waals surface area (Å²) in [6.45, 7) is 5.49. The number of halogens is 1. The molecule has 0 bridgehead atoms. The molecule has 0 aromatic heterocycles. The Kier molecular flexibility index (Phi) is 6.87. The molecule has 6 nitrogen and oxygen atoms in total. The highest BCUT2D eigenvalue weighted by atomic mass is 35.5. The molecule has 3 aromatic rings. The average molecular weight is 459 g/mol. The second-order valence-electron chi connectivity index (χ2n) is 7.20. The summed E-state index contributed by atoms with van der Waals surface area (Å²) in [5, 5.41) is 3.16. The number of hydrogen-bond acceptors (Lipinski definition) is 4. The van der Waals surface area contributed by atoms with Gasteiger partial charge in [0.1, 0.15) is 5.75 Å². The average Bonchev–Trinajstić information content (AvgIpc) is 2.69. The van der Waals surface area contributed by atoms with Crippen molar-refractivity contribution in [3.05, 3.63) is 82.4 Å². The van der Waals surface area contributed by atoms with Crippen molar-refractivity contribution in [2.24, 2.45) is 0 Å². The summed E-state index contributed by atoms with van der Waals surface area (Å²) in [6, 6.07) is 16.6. The standard InChI is InChI=1S/C23H23ClN2O4S/c1-15-11-16(2)13-19(12-15)30-14-23(27)25-18-7-9-20(10-8-18)31(28,29)26-22-6-4-5-21(24)17(22)3/h4-13,26H,14H2,1-3H3,(H,25,27). The first-order chi connectivity index (χ1) is 14.6. The number of hydrogen-bond donors (Lipinski definition) is 2. The molecule has 0 fully saturated rings. The Bertz CT molecular complexity index is 1190. The number of nitrogens with one attached hydrogen (secondary N) is 2. The van der Waals surface area contributed by atoms with Crippen LogP contribution in [0.1, 0.15) is 16.7 Å². The molecule has 0 atom stereocenters. The van der Waals surface area contributed by atoms with Gasteiger partial charge in [0, 0.05) is 10.7 Å². The van der Waals surface area contributed by atoms with Gasteiger partial charge in [-0.15, -0.1) is 0 Å². The fourth-order valence-electron chi connectivity index (χ4n) is 3.00. The zero-order chi connectivity index (χ0) is 22.6. The van der Waals surface area contributed by atoms with Crippen LogP contribution in [0.4, 0.5) is 11.4 Å². The summed E-state index contributed by atoms with van der Waals surface area (Å²) in [4.78, 5) is 12.2. The van der Waals surface area contributed by atoms with E-state index < -0.39 is 10.0 Å². The Morgan fingerprint density at radius 1 is 0.968 bits per heavy atom. The lowest BCUT2D eigenvalue weighted by Gasteiger charge is -2.12. The van der Waals surface area contributed by atoms with Crippen molar-refractivity contribution in [1.29, 1.82) is 0 Å². The van der Waals surface area contributed by atoms with Crippen LogP contribution in [0.5, 0.6) is 5.75 Å². The molecular formula is C23H23ClN2O4S. The van der Waals surface area contributed by atoms with E-state index in [1.165, 1.54) is 24.3 Å². The maximum Gasteiger partial charge on any atom is 0.262 e. The number of carbonyl (C=O) groups excluding carboxylic acids is 1. The zero-order valence-electron chi connectivity index (χ0n) is 17.4. The Labute approximate surface area is 187 Å². The van der Waals surface area contributed by atoms with Crippen LogP contribution >= 0.6 is 11.6 Å². The predicted molar refractivity (Wildman–Crippen MR) is 123 cm³/mol. The lowest BCUT2D eigenvalue weighted by molar-refractivity contribution is -0.118. The fraction of sp³-hybridized carbons (Fsp3) is 0.174. The van der Waals surface area contributed by atoms with Crippen LogP contribution in [0.3, 0.4) is 0 Å². The first kappa shape index (κ1) is 22.7. The minimum atomic E-state index is -3.80. The van der Waals surface area contributed by atoms with Gasteiger partial charge in [-0.3, -0.25) is 9.52 Å². The van der Waals surface area contributed by atoms with Gasteiger partial charge in [0.15, 0.2) is 6.61 Å². The van der Waals surface area contributed by atoms with Crippen LogP contribution in [-0.2, 0) is 14.8 Å². The quantitative estimate of drug-likeness (QED) is 0.516. The number of carbonyl (C=O) groups is 1. The van der Waals surface area contributed by atoms with Crippen molar-refractivity contribution in [1.82, 2.24) is 0 Å². The normalized spacial score (nSPS) is 11.1. The number of sulfonamides is 1. The van der Waals surface area contributed by atoms with E-state index in [2.05, 4.69) is 10.0 Å². The van der Waals surface area contributed by atoms with Gasteiger partial charge in [-0.1, -0.05) is 23.7 Å². The number of anilines is 2. The molecule has 1 amide bonds. The summed E-state index contributed by atoms with van der Waals surface area (Å²) in [5.41, 5.74) is 3.61. The molecule has 3 aromatic carbocycles. The molecule has 0 unspecified atom stereocenters. The second-order valence-corrected chi connectivity index (χ2v) is 9.29. The van der Waals surface area contributed by atoms with Crippen molar-refractivity contribution in [3.63, 3.8) is 0 Å². The van der Waals surface area contributed by atoms with Gasteiger partial charge in [0.25, 0.3) is 15.9 Å². The summed E-state index contributed by atoms with van der Waals surface area (Å²) in [5.74, 6) is 0.277. The number of ether oxygens (including phenoxy) is 1. The minimum absolute atomic E-state index is 0.0661. The van der Waals surface area contributed by atoms with E-state index in [1.54, 1.807) is 25.1 Å². The molecule has 162 valence electrons. The fourth-order valence-corrected chi connectivity index (χ4v) is 4.30. The van der Waals surface area contributed by atoms with E-state index in [0.717, 1.165) is 11.1 Å². The van der Waals surface area contributed by atoms with E-state index in [1.807, 2.05) is 32.0 Å². The van der Waals surface area contributed by atoms with Crippen LogP contribution in [0.25, 0.3) is 0 Å². The maximum absolute atomic E-state index is 12.7. The Balaban J connectivity index is 1.62. The smallest absolute Gasteiger partial charge is 0.262 e. The van der Waals surface area contributed by atoms with Gasteiger partial charge in [0.05, 0.1) is 10.6 Å². The molecule has 0 saturated carbocycles. The summed E-state index contributed by atoms with van der Waals surface area (Å²) < 4.78 is 33.4. The third-order valence-electron chi connectivity index (χ3n) is 4.53. The van der Waals surface area contributed by atoms with Gasteiger partial charge < -0.3 is 10.1 Å². The van der Waals surface area contributed by atoms with Crippen LogP contribution in [0.15, 0.2) is 65.6 Å². The summed E-state index contributed by atoms with van der Waals surface area (Å²) in [6.07, 6.45) is 0. The van der Waals surface area contributed by atoms with Gasteiger partial charge >= 0.3 is 0 Å². The molecule has 3 rings (SSSR count). The first-order valence-electron chi connectivity index (χ1n) is 9.53. The summed E-state index contributed by atoms with van der Waals surface area (Å²) >= 11 is 6.05. The van der Waals surface area contributed by atoms with Crippen LogP contribution < -0.4 is 14.8 Å². The van der Waals surface area contributed by atoms with Crippen LogP contribution in [0.2, 0.25) is 5.02 Å². The van der Waals surface area contributed by atoms with Crippen LogP contribution in [-0.4, -0.2) is 20.9 Å². The number of rotatable bonds is 7. The zero-order valence-corrected chi connectivity index (χ0v) is 19.0. The van der Waals surface area contributed by atoms with Crippen molar-refractivity contribution < 1.29 is 17.9 Å². The topological polar surface area (TPSA) is 84.5 Å². The van der Waals surface area contributed by atoms with Gasteiger partial charge in [-0.25, -0.2) is 8.42 Å². The molecule has 0 spiro atoms. The maximum atomic E-state index is 12.7. The Morgan fingerprint density at radius 2 is 1.61 bits per heavy atom. The Hall–Kier alpha value is -3.03. The van der Waals surface area contributed by atoms with E-state index in [4.69, 9.17) is 16.3 Å². The molecule has 8 heteroatoms. The lowest BCUT2D eigenvalue weighted by Crippen LogP contribution is -2.20. The molecule has 0 aliphatic rings. The highest BCUT2D eigenvalue weighted by molar-refractivity contribution is 7.92. The number of aryl methyl sites for hydroxylation is 2. The van der Waals surface area contributed by atoms with Crippen molar-refractivity contribution >= 4 is 38.9 Å². The van der Waals surface area contributed by atoms with Gasteiger partial charge in [-0.2, -0.15) is 0 Å². The SMILES string of the molecule is Cc1cc(C)cc(OCC(=O)Nc2ccc(S(=O)(=O)Nc3cccc(Cl)c3C)cc2)c1. The molecule has 0 radical (unpaired) electrons. The van der Waals surface area contributed by atoms with E-state index in [-0.39, 0.29) is 17.4 Å². The molecular weight excluding hydrogens is 436 g/mol. The molecule has 0 saturated heterocycles. The van der Waals surface area contributed by atoms with Gasteiger partial charge in [-0.05, 0) is 86.0 Å². The van der Waals surface area contributed by atoms with E-state index in [9.17, 15) is 13.2 Å². The van der Waals surface area contributed by atoms with Crippen molar-refractivity contribution in [2.75, 3.05) is 16.6 Å². The highest BCUT2D eigenvalue weighted by Gasteiger charge is 2.16. The molecule has 0 heterocycles. The lowest BCUT2D eigenvalue weighted by atomic mass is 10.1. The van der Waals surface area contributed by atoms with E-state index >= 15 is 0 Å². The van der Waals surface area contributed by atoms with E-state index in [0.29, 0.717) is 27.7 Å². The minimum Gasteiger partial charge on any atom is -0.484 e. The third-order valence-corrected chi connectivity index (χ3v) is 6.32. The molecule has 0 aliphatic carbocycles. The third kappa shape index (κ3) is 5.99. The predicted octanol–water partition coefficient (Wildman–Crippen LogP) is 5.08. The summed E-state index contributed by atoms with van der Waals surface area (Å²) in [7, 11) is -3.80. The monoisotopic (exact) mass is 458 g/mol. The largest absolute Gasteiger partial charge is 0.484 e. The van der Waals surface area contributed by atoms with Crippen molar-refractivity contribution in [3.8, 4) is 5.75 Å². The number of amides is 1. The highest BCUT2D eigenvalue weighted by Crippen LogP contribution is 2.26. The van der Waals surface area contributed by atoms with Crippen molar-refractivity contribution in [2.45, 2.75) is 25.7 Å². The van der Waals surface area contributed by atoms with Crippen LogP contribution in [0, 0.1) is 20.8 Å². The van der Waals surface area contributed by atoms with Gasteiger partial charge in [0.2, 0.25) is 0 Å². The first-order valence-corrected chi connectivity index (χ1v) is 11.4. The molecule has 31 heavy (non-hydrogen) atoms.